The van der Waals surface area contributed by atoms with Gasteiger partial charge in [-0.15, -0.1) is 0 Å². The summed E-state index contributed by atoms with van der Waals surface area (Å²) in [5.41, 5.74) is 1.71. The fraction of sp³-hybridized carbons (Fsp3) is 0.579. The number of benzene rings is 1. The Bertz CT molecular complexity index is 754. The molecule has 1 aromatic heterocycles. The molecule has 1 amide bonds. The zero-order valence-corrected chi connectivity index (χ0v) is 14.1. The van der Waals surface area contributed by atoms with Gasteiger partial charge in [-0.2, -0.15) is 0 Å². The van der Waals surface area contributed by atoms with E-state index >= 15 is 0 Å². The van der Waals surface area contributed by atoms with E-state index in [1.165, 1.54) is 25.7 Å². The minimum atomic E-state index is -0.163. The van der Waals surface area contributed by atoms with Crippen molar-refractivity contribution in [1.82, 2.24) is 14.9 Å². The quantitative estimate of drug-likeness (QED) is 0.886. The minimum Gasteiger partial charge on any atom is -0.388 e. The summed E-state index contributed by atoms with van der Waals surface area (Å²) in [5, 5.41) is 12.7. The highest BCUT2D eigenvalue weighted by molar-refractivity contribution is 5.81. The third kappa shape index (κ3) is 2.71. The highest BCUT2D eigenvalue weighted by Gasteiger charge is 2.42. The molecule has 2 aliphatic rings. The number of rotatable bonds is 5. The number of carbonyl (C=O) groups excluding carboxylic acids is 1. The first-order valence-corrected chi connectivity index (χ1v) is 9.00. The topological polar surface area (TPSA) is 67.2 Å². The van der Waals surface area contributed by atoms with Crippen molar-refractivity contribution in [3.8, 4) is 0 Å². The molecule has 0 saturated heterocycles. The van der Waals surface area contributed by atoms with Gasteiger partial charge in [-0.25, -0.2) is 4.98 Å². The summed E-state index contributed by atoms with van der Waals surface area (Å²) in [6.07, 6.45) is 5.33. The lowest BCUT2D eigenvalue weighted by Crippen LogP contribution is -2.41. The molecular formula is C19H25N3O2. The molecule has 0 spiro atoms. The van der Waals surface area contributed by atoms with Crippen molar-refractivity contribution in [3.63, 3.8) is 0 Å². The van der Waals surface area contributed by atoms with Crippen LogP contribution in [0.2, 0.25) is 0 Å². The van der Waals surface area contributed by atoms with Crippen LogP contribution in [0.25, 0.3) is 11.0 Å². The molecule has 1 aromatic carbocycles. The van der Waals surface area contributed by atoms with E-state index in [0.29, 0.717) is 11.7 Å². The molecule has 2 aromatic rings. The molecular weight excluding hydrogens is 302 g/mol. The largest absolute Gasteiger partial charge is 0.388 e. The molecule has 2 fully saturated rings. The summed E-state index contributed by atoms with van der Waals surface area (Å²) in [6.45, 7) is 2.19. The summed E-state index contributed by atoms with van der Waals surface area (Å²) >= 11 is 0. The zero-order valence-electron chi connectivity index (χ0n) is 14.1. The van der Waals surface area contributed by atoms with E-state index in [-0.39, 0.29) is 25.1 Å². The third-order valence-electron chi connectivity index (χ3n) is 6.00. The Morgan fingerprint density at radius 3 is 2.92 bits per heavy atom. The Kier molecular flexibility index (Phi) is 4.04. The average molecular weight is 327 g/mol. The van der Waals surface area contributed by atoms with Crippen molar-refractivity contribution in [2.75, 3.05) is 0 Å². The molecule has 0 aliphatic heterocycles. The van der Waals surface area contributed by atoms with E-state index in [1.807, 2.05) is 28.8 Å². The number of hydrogen-bond donors (Lipinski definition) is 2. The van der Waals surface area contributed by atoms with Crippen LogP contribution in [0.4, 0.5) is 0 Å². The van der Waals surface area contributed by atoms with Crippen molar-refractivity contribution in [1.29, 1.82) is 0 Å². The minimum absolute atomic E-state index is 0.00289. The molecule has 4 atom stereocenters. The number of nitrogens with zero attached hydrogens (tertiary/aromatic N) is 2. The van der Waals surface area contributed by atoms with Crippen LogP contribution in [0.15, 0.2) is 24.3 Å². The van der Waals surface area contributed by atoms with E-state index in [1.54, 1.807) is 0 Å². The summed E-state index contributed by atoms with van der Waals surface area (Å²) < 4.78 is 1.82. The van der Waals surface area contributed by atoms with Gasteiger partial charge >= 0.3 is 0 Å². The summed E-state index contributed by atoms with van der Waals surface area (Å²) in [7, 11) is 0. The van der Waals surface area contributed by atoms with Crippen molar-refractivity contribution < 1.29 is 9.90 Å². The number of aliphatic hydroxyl groups is 1. The highest BCUT2D eigenvalue weighted by Crippen LogP contribution is 2.49. The van der Waals surface area contributed by atoms with E-state index in [9.17, 15) is 9.90 Å². The van der Waals surface area contributed by atoms with Gasteiger partial charge in [0.2, 0.25) is 5.91 Å². The Morgan fingerprint density at radius 1 is 1.38 bits per heavy atom. The predicted octanol–water partition coefficient (Wildman–Crippen LogP) is 2.47. The number of nitrogens with one attached hydrogen (secondary N) is 1. The molecule has 4 rings (SSSR count). The number of imidazole rings is 1. The normalized spacial score (nSPS) is 26.8. The number of fused-ring (bicyclic) bond motifs is 3. The Balaban J connectivity index is 1.46. The summed E-state index contributed by atoms with van der Waals surface area (Å²) in [6, 6.07) is 7.91. The van der Waals surface area contributed by atoms with Crippen LogP contribution in [-0.2, 0) is 17.9 Å². The number of carbonyl (C=O) groups is 1. The van der Waals surface area contributed by atoms with E-state index in [0.717, 1.165) is 22.9 Å². The van der Waals surface area contributed by atoms with Crippen LogP contribution >= 0.6 is 0 Å². The van der Waals surface area contributed by atoms with E-state index in [2.05, 4.69) is 17.2 Å². The lowest BCUT2D eigenvalue weighted by molar-refractivity contribution is -0.122. The number of para-hydroxylation sites is 2. The standard InChI is InChI=1S/C19H25N3O2/c1-12(15-9-13-6-7-14(15)8-13)20-19(24)10-22-17-5-3-2-4-16(17)21-18(22)11-23/h2-5,12-15,23H,6-11H2,1H3,(H,20,24)/t12-,13-,14-,15+/m0/s1. The van der Waals surface area contributed by atoms with Gasteiger partial charge in [0, 0.05) is 6.04 Å². The lowest BCUT2D eigenvalue weighted by Gasteiger charge is -2.28. The Labute approximate surface area is 142 Å². The van der Waals surface area contributed by atoms with Gasteiger partial charge < -0.3 is 15.0 Å². The van der Waals surface area contributed by atoms with Crippen LogP contribution in [0.3, 0.4) is 0 Å². The molecule has 5 heteroatoms. The second kappa shape index (κ2) is 6.20. The van der Waals surface area contributed by atoms with Crippen LogP contribution < -0.4 is 5.32 Å². The van der Waals surface area contributed by atoms with Gasteiger partial charge in [-0.3, -0.25) is 4.79 Å². The van der Waals surface area contributed by atoms with Gasteiger partial charge in [-0.1, -0.05) is 18.6 Å². The second-order valence-electron chi connectivity index (χ2n) is 7.46. The SMILES string of the molecule is C[C@H](NC(=O)Cn1c(CO)nc2ccccc21)[C@H]1C[C@H]2CC[C@H]1C2. The molecule has 2 N–H and O–H groups in total. The van der Waals surface area contributed by atoms with Gasteiger partial charge in [0.1, 0.15) is 19.0 Å². The third-order valence-corrected chi connectivity index (χ3v) is 6.00. The molecule has 2 bridgehead atoms. The van der Waals surface area contributed by atoms with Crippen LogP contribution in [0, 0.1) is 17.8 Å². The van der Waals surface area contributed by atoms with E-state index < -0.39 is 0 Å². The van der Waals surface area contributed by atoms with Crippen molar-refractivity contribution in [3.05, 3.63) is 30.1 Å². The second-order valence-corrected chi connectivity index (χ2v) is 7.46. The maximum Gasteiger partial charge on any atom is 0.240 e. The molecule has 128 valence electrons. The molecule has 0 unspecified atom stereocenters. The number of aromatic nitrogens is 2. The van der Waals surface area contributed by atoms with E-state index in [4.69, 9.17) is 0 Å². The van der Waals surface area contributed by atoms with Crippen LogP contribution in [-0.4, -0.2) is 26.6 Å². The van der Waals surface area contributed by atoms with Crippen LogP contribution in [0.1, 0.15) is 38.4 Å². The number of aliphatic hydroxyl groups excluding tert-OH is 1. The molecule has 2 aliphatic carbocycles. The molecule has 0 radical (unpaired) electrons. The average Bonchev–Trinajstić information content (AvgIpc) is 3.29. The monoisotopic (exact) mass is 327 g/mol. The maximum absolute atomic E-state index is 12.6. The van der Waals surface area contributed by atoms with Crippen molar-refractivity contribution >= 4 is 16.9 Å². The maximum atomic E-state index is 12.6. The predicted molar refractivity (Wildman–Crippen MR) is 92.2 cm³/mol. The first kappa shape index (κ1) is 15.6. The molecule has 5 nitrogen and oxygen atoms in total. The smallest absolute Gasteiger partial charge is 0.240 e. The fourth-order valence-electron chi connectivity index (χ4n) is 4.88. The van der Waals surface area contributed by atoms with Crippen LogP contribution in [0.5, 0.6) is 0 Å². The highest BCUT2D eigenvalue weighted by atomic mass is 16.3. The van der Waals surface area contributed by atoms with Gasteiger partial charge in [0.15, 0.2) is 0 Å². The van der Waals surface area contributed by atoms with Crippen molar-refractivity contribution in [2.24, 2.45) is 17.8 Å². The lowest BCUT2D eigenvalue weighted by atomic mass is 9.84. The first-order chi connectivity index (χ1) is 11.7. The number of hydrogen-bond acceptors (Lipinski definition) is 3. The molecule has 1 heterocycles. The van der Waals surface area contributed by atoms with Gasteiger partial charge in [-0.05, 0) is 56.1 Å². The number of amides is 1. The zero-order chi connectivity index (χ0) is 16.7. The fourth-order valence-corrected chi connectivity index (χ4v) is 4.88. The van der Waals surface area contributed by atoms with Gasteiger partial charge in [0.05, 0.1) is 11.0 Å². The Morgan fingerprint density at radius 2 is 2.21 bits per heavy atom. The Hall–Kier alpha value is -1.88. The first-order valence-electron chi connectivity index (χ1n) is 9.00. The summed E-state index contributed by atoms with van der Waals surface area (Å²) in [4.78, 5) is 17.0. The van der Waals surface area contributed by atoms with Gasteiger partial charge in [0.25, 0.3) is 0 Å². The van der Waals surface area contributed by atoms with Crippen molar-refractivity contribution in [2.45, 2.75) is 51.8 Å². The molecule has 24 heavy (non-hydrogen) atoms. The molecule has 2 saturated carbocycles. The summed E-state index contributed by atoms with van der Waals surface area (Å²) in [5.74, 6) is 2.86.